The first-order valence-corrected chi connectivity index (χ1v) is 54.6. The van der Waals surface area contributed by atoms with Crippen molar-refractivity contribution < 1.29 is 71.1 Å². The van der Waals surface area contributed by atoms with Gasteiger partial charge in [0.25, 0.3) is 0 Å². The lowest BCUT2D eigenvalue weighted by atomic mass is 9.49. The molecule has 3 unspecified atom stereocenters. The Morgan fingerprint density at radius 3 is 1.43 bits per heavy atom. The van der Waals surface area contributed by atoms with E-state index in [1.54, 1.807) is 35.4 Å². The highest BCUT2D eigenvalue weighted by Crippen LogP contribution is 2.73. The number of allylic oxidation sites excluding steroid dienone is 16. The second-order valence-corrected chi connectivity index (χ2v) is 47.8. The maximum atomic E-state index is 13.7. The Morgan fingerprint density at radius 2 is 0.943 bits per heavy atom. The van der Waals surface area contributed by atoms with E-state index in [9.17, 15) is 47.4 Å². The summed E-state index contributed by atoms with van der Waals surface area (Å²) < 4.78 is 52.9. The van der Waals surface area contributed by atoms with E-state index in [0.717, 1.165) is 145 Å². The molecular formula is C122H143N3O15S. The molecule has 18 aliphatic rings. The van der Waals surface area contributed by atoms with E-state index < -0.39 is 38.0 Å². The Bertz CT molecular complexity index is 6390. The number of hydrogen-bond donors (Lipinski definition) is 2. The second kappa shape index (κ2) is 38.4. The van der Waals surface area contributed by atoms with Crippen molar-refractivity contribution in [2.75, 3.05) is 90.4 Å². The third-order valence-electron chi connectivity index (χ3n) is 38.0. The molecule has 18 nitrogen and oxygen atoms in total. The molecule has 0 bridgehead atoms. The van der Waals surface area contributed by atoms with Crippen molar-refractivity contribution in [1.29, 1.82) is 0 Å². The molecule has 5 aromatic carbocycles. The lowest BCUT2D eigenvalue weighted by Gasteiger charge is -2.56. The number of Topliss-reactive ketones (excluding diaryl/α,β-unsaturated/α-hetero) is 1. The number of methoxy groups -OCH3 is 1. The minimum atomic E-state index is -3.27. The second-order valence-electron chi connectivity index (χ2n) is 45.8. The van der Waals surface area contributed by atoms with Crippen LogP contribution in [-0.4, -0.2) is 152 Å². The van der Waals surface area contributed by atoms with Gasteiger partial charge in [-0.1, -0.05) is 103 Å². The van der Waals surface area contributed by atoms with E-state index in [2.05, 4.69) is 158 Å². The first-order chi connectivity index (χ1) is 67.5. The molecule has 16 aliphatic carbocycles. The van der Waals surface area contributed by atoms with Crippen molar-refractivity contribution in [2.24, 2.45) is 75.9 Å². The predicted octanol–water partition coefficient (Wildman–Crippen LogP) is 21.7. The van der Waals surface area contributed by atoms with E-state index >= 15 is 0 Å². The fourth-order valence-electron chi connectivity index (χ4n) is 31.7. The van der Waals surface area contributed by atoms with E-state index in [-0.39, 0.29) is 88.0 Å². The standard InChI is InChI=1S/C34H37NO4S.C31H39NO5.C30H39NO2.C27H28O4/c1-35(2)25-9-6-23(7-10-25)31-21-32-29(30-14-8-24-20-26(36)11-15-28(24)33(30)31)17-19-34(32,37)18-16-22-4-12-27(13-5-22)40(3,38)39;1-19(33)37-31(28(35)18-36-5)15-14-27-25-12-8-21-16-23(34)11-13-24(21)29(25)26(17-30(27,31)2)20-6-9-22(10-7-20)32(3)4;1-19-16-21-17-23(32)10-11-24(21)28-25(20-6-8-22(9-7-20)31(3)4)18-29(2)26(27(19)28)12-14-30(29)13-5-15-33-30;1-2-10-27(29)11-9-20-21-6-3-16-12-18(28)5-7-19(16)26(21)22(14-23(20)27)17-4-8-24-25(13-17)31-15-30-24/h4-7,9-10,12-13,20,29-32,37H,8,11,14-15,17,19,21H2,1-3H3;6-7,9-10,16,25-27H,8,11-15,17-18H2,1-5H3;6-9,17,19,25-27H,5,10-16,18H2,1-4H3;4,8,12-13,20-23,29H,3,5-7,9,11,14-15H2,1H3/t29-,30-,31+,32?,34-;25-,26+,27-,30-,31-;19-,25+,26-,27-,29-,30-;20?,21-,22+,23?,27-/m0000/s1. The molecule has 21 atom stereocenters. The molecule has 2 heterocycles. The summed E-state index contributed by atoms with van der Waals surface area (Å²) in [6.07, 6.45) is 35.0. The molecule has 9 fully saturated rings. The lowest BCUT2D eigenvalue weighted by molar-refractivity contribution is -0.185. The zero-order valence-corrected chi connectivity index (χ0v) is 85.8. The summed E-state index contributed by atoms with van der Waals surface area (Å²) in [5.74, 6) is 20.0. The van der Waals surface area contributed by atoms with Gasteiger partial charge in [-0.3, -0.25) is 28.8 Å². The number of benzene rings is 5. The molecule has 0 amide bonds. The smallest absolute Gasteiger partial charge is 0.303 e. The summed E-state index contributed by atoms with van der Waals surface area (Å²) in [5, 5.41) is 23.5. The zero-order chi connectivity index (χ0) is 98.9. The summed E-state index contributed by atoms with van der Waals surface area (Å²) in [4.78, 5) is 81.7. The highest BCUT2D eigenvalue weighted by atomic mass is 32.2. The number of anilines is 3. The summed E-state index contributed by atoms with van der Waals surface area (Å²) >= 11 is 0. The molecule has 8 saturated carbocycles. The van der Waals surface area contributed by atoms with Gasteiger partial charge in [-0.2, -0.15) is 0 Å². The first kappa shape index (κ1) is 98.2. The van der Waals surface area contributed by atoms with Gasteiger partial charge in [-0.15, -0.1) is 5.92 Å². The van der Waals surface area contributed by atoms with Crippen LogP contribution < -0.4 is 24.2 Å². The minimum Gasteiger partial charge on any atom is -0.454 e. The van der Waals surface area contributed by atoms with Gasteiger partial charge in [0.1, 0.15) is 17.8 Å². The van der Waals surface area contributed by atoms with Crippen molar-refractivity contribution in [3.63, 3.8) is 0 Å². The number of hydrogen-bond acceptors (Lipinski definition) is 18. The number of carbonyl (C=O) groups excluding carboxylic acids is 6. The van der Waals surface area contributed by atoms with Gasteiger partial charge in [0, 0.05) is 164 Å². The average Bonchev–Trinajstić information content (AvgIpc) is 1.51. The molecule has 19 heteroatoms. The van der Waals surface area contributed by atoms with Crippen LogP contribution in [0, 0.1) is 99.6 Å². The highest BCUT2D eigenvalue weighted by Gasteiger charge is 2.70. The molecule has 2 N–H and O–H groups in total. The topological polar surface area (TPSA) is 233 Å². The van der Waals surface area contributed by atoms with Gasteiger partial charge in [0.2, 0.25) is 12.6 Å². The van der Waals surface area contributed by atoms with Crippen LogP contribution in [0.3, 0.4) is 0 Å². The summed E-state index contributed by atoms with van der Waals surface area (Å²) in [5.41, 5.74) is 23.1. The number of sulfone groups is 1. The van der Waals surface area contributed by atoms with Crippen molar-refractivity contribution in [2.45, 2.75) is 272 Å². The molecule has 5 aromatic rings. The molecule has 141 heavy (non-hydrogen) atoms. The molecule has 742 valence electrons. The third kappa shape index (κ3) is 17.6. The Balaban J connectivity index is 0.000000116. The van der Waals surface area contributed by atoms with Crippen LogP contribution in [0.2, 0.25) is 0 Å². The average molecular weight is 1920 g/mol. The van der Waals surface area contributed by atoms with E-state index in [0.29, 0.717) is 103 Å². The lowest BCUT2D eigenvalue weighted by Crippen LogP contribution is -2.58. The summed E-state index contributed by atoms with van der Waals surface area (Å²) in [7, 11) is 10.6. The molecular weight excluding hydrogens is 1780 g/mol. The number of ketones is 5. The van der Waals surface area contributed by atoms with Crippen LogP contribution >= 0.6 is 0 Å². The predicted molar refractivity (Wildman–Crippen MR) is 550 cm³/mol. The molecule has 0 radical (unpaired) electrons. The Labute approximate surface area is 835 Å². The maximum absolute atomic E-state index is 13.7. The SMILES string of the molecule is CC#C[C@]1(O)CCC2C1C[C@H](c1ccc3c(c1)OCO3)C1=C3CCC(=O)C=C3CC[C@H]12.CN(C)c1ccc([C@H]2CC3[C@@H](CC[C@@]3(O)C#Cc3ccc(S(C)(=O)=O)cc3)[C@@H]3CCC4=CC(=O)CCC4=C32)cc1.COCC(=O)[C@@]1(OC(C)=O)CC[C@H]2[C@@H]3CCC4=CC(=O)CCC4=C3[C@@H](c3ccc(N(C)C)cc3)C[C@@]21C.C[C@H]1CC2=CC(=O)CCC2=C2[C@@H]1[C@@H]1CC[C@@]3(CCCO3)[C@@]1(C)C[C@@H]2c1ccc(N(C)C)cc1. The number of esters is 1. The monoisotopic (exact) mass is 1920 g/mol. The summed E-state index contributed by atoms with van der Waals surface area (Å²) in [6, 6.07) is 39.8. The Morgan fingerprint density at radius 1 is 0.489 bits per heavy atom. The molecule has 1 saturated heterocycles. The van der Waals surface area contributed by atoms with E-state index in [1.807, 2.05) is 65.5 Å². The van der Waals surface area contributed by atoms with Crippen LogP contribution in [0.4, 0.5) is 17.1 Å². The van der Waals surface area contributed by atoms with Crippen molar-refractivity contribution in [3.05, 3.63) is 234 Å². The molecule has 23 rings (SSSR count). The summed E-state index contributed by atoms with van der Waals surface area (Å²) in [6.45, 7) is 11.6. The van der Waals surface area contributed by atoms with E-state index in [1.165, 1.54) is 136 Å². The molecule has 0 aromatic heterocycles. The fraction of sp³-hybridized carbons (Fsp3) is 0.541. The number of nitrogens with zero attached hydrogens (tertiary/aromatic N) is 3. The van der Waals surface area contributed by atoms with Crippen LogP contribution in [0.15, 0.2) is 211 Å². The number of aliphatic hydroxyl groups is 2. The van der Waals surface area contributed by atoms with Crippen LogP contribution in [0.25, 0.3) is 0 Å². The van der Waals surface area contributed by atoms with Gasteiger partial charge in [-0.05, 0) is 385 Å². The largest absolute Gasteiger partial charge is 0.454 e. The van der Waals surface area contributed by atoms with Gasteiger partial charge in [-0.25, -0.2) is 8.42 Å². The third-order valence-corrected chi connectivity index (χ3v) is 39.1. The van der Waals surface area contributed by atoms with Crippen LogP contribution in [0.1, 0.15) is 272 Å². The van der Waals surface area contributed by atoms with Gasteiger partial charge < -0.3 is 48.6 Å². The normalized spacial score (nSPS) is 34.1. The van der Waals surface area contributed by atoms with Crippen molar-refractivity contribution >= 4 is 61.8 Å². The number of rotatable bonds is 12. The Hall–Kier alpha value is -10.3. The number of ether oxygens (including phenoxy) is 5. The quantitative estimate of drug-likeness (QED) is 0.0873. The van der Waals surface area contributed by atoms with Crippen LogP contribution in [-0.2, 0) is 52.8 Å². The molecule has 1 spiro atoms. The number of fused-ring (bicyclic) bond motifs is 18. The van der Waals surface area contributed by atoms with Gasteiger partial charge in [0.15, 0.2) is 50.1 Å². The van der Waals surface area contributed by atoms with Gasteiger partial charge in [0.05, 0.1) is 10.5 Å². The minimum absolute atomic E-state index is 0.0546. The first-order valence-electron chi connectivity index (χ1n) is 52.7. The zero-order valence-electron chi connectivity index (χ0n) is 85.0. The fourth-order valence-corrected chi connectivity index (χ4v) is 32.3. The van der Waals surface area contributed by atoms with Crippen LogP contribution in [0.5, 0.6) is 11.5 Å². The van der Waals surface area contributed by atoms with Gasteiger partial charge >= 0.3 is 5.97 Å². The van der Waals surface area contributed by atoms with E-state index in [4.69, 9.17) is 23.7 Å². The van der Waals surface area contributed by atoms with Crippen molar-refractivity contribution in [3.8, 4) is 35.2 Å². The Kier molecular flexibility index (Phi) is 26.7. The highest BCUT2D eigenvalue weighted by molar-refractivity contribution is 7.90. The maximum Gasteiger partial charge on any atom is 0.303 e. The molecule has 2 aliphatic heterocycles. The van der Waals surface area contributed by atoms with Crippen molar-refractivity contribution in [1.82, 2.24) is 0 Å². The number of carbonyl (C=O) groups is 6.